The van der Waals surface area contributed by atoms with E-state index in [0.717, 1.165) is 32.0 Å². The van der Waals surface area contributed by atoms with Crippen molar-refractivity contribution in [3.63, 3.8) is 0 Å². The first-order valence-electron chi connectivity index (χ1n) is 5.83. The average Bonchev–Trinajstić information content (AvgIpc) is 2.29. The van der Waals surface area contributed by atoms with Crippen LogP contribution in [0.1, 0.15) is 32.6 Å². The van der Waals surface area contributed by atoms with Gasteiger partial charge in [0, 0.05) is 26.4 Å². The topological polar surface area (TPSA) is 56.5 Å². The summed E-state index contributed by atoms with van der Waals surface area (Å²) in [6, 6.07) is 0.364. The first-order valence-corrected chi connectivity index (χ1v) is 5.83. The molecular weight excluding hydrogens is 192 g/mol. The highest BCUT2D eigenvalue weighted by Gasteiger charge is 2.19. The third-order valence-corrected chi connectivity index (χ3v) is 3.21. The molecule has 0 saturated carbocycles. The van der Waals surface area contributed by atoms with E-state index in [4.69, 9.17) is 15.3 Å². The second-order valence-corrected chi connectivity index (χ2v) is 4.44. The molecule has 0 radical (unpaired) electrons. The first-order chi connectivity index (χ1) is 7.26. The molecule has 4 nitrogen and oxygen atoms in total. The van der Waals surface area contributed by atoms with Gasteiger partial charge in [0.15, 0.2) is 0 Å². The van der Waals surface area contributed by atoms with Crippen molar-refractivity contribution in [2.75, 3.05) is 20.3 Å². The fourth-order valence-corrected chi connectivity index (χ4v) is 2.11. The van der Waals surface area contributed by atoms with Gasteiger partial charge in [-0.15, -0.1) is 0 Å². The number of hydrogen-bond acceptors (Lipinski definition) is 4. The van der Waals surface area contributed by atoms with E-state index in [2.05, 4.69) is 12.3 Å². The quantitative estimate of drug-likeness (QED) is 0.515. The van der Waals surface area contributed by atoms with Crippen LogP contribution in [0.5, 0.6) is 0 Å². The minimum absolute atomic E-state index is 0.269. The molecule has 0 aromatic heterocycles. The third-order valence-electron chi connectivity index (χ3n) is 3.21. The van der Waals surface area contributed by atoms with E-state index < -0.39 is 0 Å². The summed E-state index contributed by atoms with van der Waals surface area (Å²) in [7, 11) is 1.74. The number of hydrazine groups is 1. The second-order valence-electron chi connectivity index (χ2n) is 4.44. The SMILES string of the molecule is COC(C)CC(CC1CCOCC1)NN. The Morgan fingerprint density at radius 1 is 1.47 bits per heavy atom. The molecule has 1 fully saturated rings. The number of ether oxygens (including phenoxy) is 2. The molecule has 1 saturated heterocycles. The van der Waals surface area contributed by atoms with Crippen molar-refractivity contribution in [2.45, 2.75) is 44.8 Å². The van der Waals surface area contributed by atoms with Crippen LogP contribution in [-0.4, -0.2) is 32.5 Å². The highest BCUT2D eigenvalue weighted by molar-refractivity contribution is 4.74. The largest absolute Gasteiger partial charge is 0.382 e. The summed E-state index contributed by atoms with van der Waals surface area (Å²) in [6.45, 7) is 3.89. The Morgan fingerprint density at radius 2 is 2.13 bits per heavy atom. The van der Waals surface area contributed by atoms with Crippen molar-refractivity contribution in [1.29, 1.82) is 0 Å². The fourth-order valence-electron chi connectivity index (χ4n) is 2.11. The predicted molar refractivity (Wildman–Crippen MR) is 60.4 cm³/mol. The molecule has 1 rings (SSSR count). The Morgan fingerprint density at radius 3 is 2.67 bits per heavy atom. The lowest BCUT2D eigenvalue weighted by Crippen LogP contribution is -2.39. The number of methoxy groups -OCH3 is 1. The summed E-state index contributed by atoms with van der Waals surface area (Å²) in [5, 5.41) is 0. The normalized spacial score (nSPS) is 22.6. The van der Waals surface area contributed by atoms with Crippen molar-refractivity contribution in [3.05, 3.63) is 0 Å². The Labute approximate surface area is 92.5 Å². The lowest BCUT2D eigenvalue weighted by molar-refractivity contribution is 0.0542. The second kappa shape index (κ2) is 7.17. The van der Waals surface area contributed by atoms with Crippen LogP contribution in [0.25, 0.3) is 0 Å². The molecule has 0 spiro atoms. The summed E-state index contributed by atoms with van der Waals surface area (Å²) in [4.78, 5) is 0. The molecule has 0 amide bonds. The molecular formula is C11H24N2O2. The van der Waals surface area contributed by atoms with Crippen LogP contribution >= 0.6 is 0 Å². The maximum atomic E-state index is 5.56. The molecule has 1 aliphatic rings. The van der Waals surface area contributed by atoms with Gasteiger partial charge in [-0.2, -0.15) is 0 Å². The third kappa shape index (κ3) is 4.93. The van der Waals surface area contributed by atoms with Crippen molar-refractivity contribution in [1.82, 2.24) is 5.43 Å². The predicted octanol–water partition coefficient (Wildman–Crippen LogP) is 1.06. The highest BCUT2D eigenvalue weighted by Crippen LogP contribution is 2.21. The molecule has 2 atom stereocenters. The van der Waals surface area contributed by atoms with E-state index in [1.807, 2.05) is 0 Å². The van der Waals surface area contributed by atoms with E-state index in [1.165, 1.54) is 12.8 Å². The summed E-state index contributed by atoms with van der Waals surface area (Å²) in [6.07, 6.45) is 4.71. The fraction of sp³-hybridized carbons (Fsp3) is 1.00. The molecule has 15 heavy (non-hydrogen) atoms. The van der Waals surface area contributed by atoms with Gasteiger partial charge in [-0.1, -0.05) is 0 Å². The zero-order valence-corrected chi connectivity index (χ0v) is 9.87. The number of nitrogens with two attached hydrogens (primary N) is 1. The monoisotopic (exact) mass is 216 g/mol. The van der Waals surface area contributed by atoms with Crippen LogP contribution in [-0.2, 0) is 9.47 Å². The van der Waals surface area contributed by atoms with Crippen LogP contribution in [0.4, 0.5) is 0 Å². The van der Waals surface area contributed by atoms with Gasteiger partial charge < -0.3 is 9.47 Å². The molecule has 2 unspecified atom stereocenters. The van der Waals surface area contributed by atoms with E-state index >= 15 is 0 Å². The number of hydrogen-bond donors (Lipinski definition) is 2. The number of rotatable bonds is 6. The standard InChI is InChI=1S/C11H24N2O2/c1-9(14-2)7-11(13-12)8-10-3-5-15-6-4-10/h9-11,13H,3-8,12H2,1-2H3. The first kappa shape index (κ1) is 12.9. The lowest BCUT2D eigenvalue weighted by atomic mass is 9.91. The van der Waals surface area contributed by atoms with Crippen LogP contribution in [0.3, 0.4) is 0 Å². The van der Waals surface area contributed by atoms with Crippen molar-refractivity contribution in [2.24, 2.45) is 11.8 Å². The summed E-state index contributed by atoms with van der Waals surface area (Å²) in [5.74, 6) is 6.31. The minimum atomic E-state index is 0.269. The van der Waals surface area contributed by atoms with Gasteiger partial charge in [-0.3, -0.25) is 11.3 Å². The zero-order chi connectivity index (χ0) is 11.1. The summed E-state index contributed by atoms with van der Waals surface area (Å²) >= 11 is 0. The van der Waals surface area contributed by atoms with Crippen molar-refractivity contribution >= 4 is 0 Å². The molecule has 1 heterocycles. The van der Waals surface area contributed by atoms with E-state index in [-0.39, 0.29) is 6.10 Å². The molecule has 0 bridgehead atoms. The van der Waals surface area contributed by atoms with Crippen molar-refractivity contribution in [3.8, 4) is 0 Å². The molecule has 0 aromatic rings. The van der Waals surface area contributed by atoms with E-state index in [0.29, 0.717) is 6.04 Å². The smallest absolute Gasteiger partial charge is 0.0558 e. The number of nitrogens with one attached hydrogen (secondary N) is 1. The Balaban J connectivity index is 2.25. The van der Waals surface area contributed by atoms with Crippen LogP contribution in [0.2, 0.25) is 0 Å². The van der Waals surface area contributed by atoms with Gasteiger partial charge in [-0.05, 0) is 38.5 Å². The average molecular weight is 216 g/mol. The highest BCUT2D eigenvalue weighted by atomic mass is 16.5. The van der Waals surface area contributed by atoms with Crippen molar-refractivity contribution < 1.29 is 9.47 Å². The van der Waals surface area contributed by atoms with Gasteiger partial charge in [0.2, 0.25) is 0 Å². The molecule has 4 heteroatoms. The maximum Gasteiger partial charge on any atom is 0.0558 e. The lowest BCUT2D eigenvalue weighted by Gasteiger charge is -2.27. The molecule has 90 valence electrons. The molecule has 1 aliphatic heterocycles. The van der Waals surface area contributed by atoms with Crippen LogP contribution < -0.4 is 11.3 Å². The van der Waals surface area contributed by atoms with Crippen LogP contribution in [0.15, 0.2) is 0 Å². The van der Waals surface area contributed by atoms with Gasteiger partial charge in [0.1, 0.15) is 0 Å². The Hall–Kier alpha value is -0.160. The van der Waals surface area contributed by atoms with Crippen LogP contribution in [0, 0.1) is 5.92 Å². The molecule has 0 aromatic carbocycles. The zero-order valence-electron chi connectivity index (χ0n) is 9.87. The maximum absolute atomic E-state index is 5.56. The Kier molecular flexibility index (Phi) is 6.17. The summed E-state index contributed by atoms with van der Waals surface area (Å²) < 4.78 is 10.6. The molecule has 3 N–H and O–H groups in total. The van der Waals surface area contributed by atoms with E-state index in [1.54, 1.807) is 7.11 Å². The Bertz CT molecular complexity index is 161. The van der Waals surface area contributed by atoms with Gasteiger partial charge >= 0.3 is 0 Å². The van der Waals surface area contributed by atoms with Gasteiger partial charge in [0.05, 0.1) is 6.10 Å². The van der Waals surface area contributed by atoms with E-state index in [9.17, 15) is 0 Å². The van der Waals surface area contributed by atoms with Gasteiger partial charge in [0.25, 0.3) is 0 Å². The summed E-state index contributed by atoms with van der Waals surface area (Å²) in [5.41, 5.74) is 2.89. The van der Waals surface area contributed by atoms with Gasteiger partial charge in [-0.25, -0.2) is 0 Å². The minimum Gasteiger partial charge on any atom is -0.382 e. The molecule has 0 aliphatic carbocycles.